The van der Waals surface area contributed by atoms with Crippen LogP contribution in [0.25, 0.3) is 0 Å². The van der Waals surface area contributed by atoms with Gasteiger partial charge in [-0.25, -0.2) is 23.3 Å². The summed E-state index contributed by atoms with van der Waals surface area (Å²) in [6.07, 6.45) is 5.57. The lowest BCUT2D eigenvalue weighted by atomic mass is 9.83. The smallest absolute Gasteiger partial charge is 0.419 e. The van der Waals surface area contributed by atoms with Crippen LogP contribution in [0.2, 0.25) is 0 Å². The number of rotatable bonds is 4. The quantitative estimate of drug-likeness (QED) is 0.678. The highest BCUT2D eigenvalue weighted by Crippen LogP contribution is 2.36. The summed E-state index contributed by atoms with van der Waals surface area (Å²) >= 11 is 0. The number of carbonyl (C=O) groups excluding carboxylic acids is 2. The molecule has 3 aliphatic rings. The molecule has 1 aliphatic carbocycles. The van der Waals surface area contributed by atoms with E-state index in [9.17, 15) is 18.4 Å². The van der Waals surface area contributed by atoms with Crippen LogP contribution in [0.1, 0.15) is 62.2 Å². The van der Waals surface area contributed by atoms with Crippen LogP contribution in [0.3, 0.4) is 0 Å². The van der Waals surface area contributed by atoms with Crippen LogP contribution in [0.5, 0.6) is 0 Å². The summed E-state index contributed by atoms with van der Waals surface area (Å²) in [6, 6.07) is 8.45. The lowest BCUT2D eigenvalue weighted by Crippen LogP contribution is -2.48. The van der Waals surface area contributed by atoms with E-state index in [-0.39, 0.29) is 6.04 Å². The molecule has 35 heavy (non-hydrogen) atoms. The molecule has 0 radical (unpaired) electrons. The predicted molar refractivity (Wildman–Crippen MR) is 125 cm³/mol. The normalized spacial score (nSPS) is 29.3. The molecule has 1 N–H and O–H groups in total. The number of aromatic nitrogens is 1. The molecule has 2 aromatic rings. The number of cyclic esters (lactones) is 1. The van der Waals surface area contributed by atoms with E-state index in [4.69, 9.17) is 4.74 Å². The van der Waals surface area contributed by atoms with E-state index in [0.717, 1.165) is 62.2 Å². The second kappa shape index (κ2) is 9.89. The van der Waals surface area contributed by atoms with Crippen molar-refractivity contribution in [1.29, 1.82) is 0 Å². The highest BCUT2D eigenvalue weighted by atomic mass is 19.2. The molecule has 1 saturated carbocycles. The molecule has 7 nitrogen and oxygen atoms in total. The van der Waals surface area contributed by atoms with E-state index in [1.807, 2.05) is 18.3 Å². The molecule has 1 aromatic heterocycles. The Kier molecular flexibility index (Phi) is 6.69. The van der Waals surface area contributed by atoms with Gasteiger partial charge in [0.25, 0.3) is 0 Å². The largest absolute Gasteiger partial charge is 0.443 e. The predicted octanol–water partition coefficient (Wildman–Crippen LogP) is 4.75. The van der Waals surface area contributed by atoms with Crippen molar-refractivity contribution >= 4 is 12.1 Å². The molecule has 3 amide bonds. The number of nitrogens with one attached hydrogen (secondary N) is 1. The van der Waals surface area contributed by atoms with Crippen molar-refractivity contribution in [3.63, 3.8) is 0 Å². The first kappa shape index (κ1) is 23.7. The third-order valence-corrected chi connectivity index (χ3v) is 7.58. The minimum atomic E-state index is -1.03. The minimum Gasteiger partial charge on any atom is -0.443 e. The van der Waals surface area contributed by atoms with Gasteiger partial charge in [0.2, 0.25) is 0 Å². The van der Waals surface area contributed by atoms with Gasteiger partial charge >= 0.3 is 12.1 Å². The van der Waals surface area contributed by atoms with Crippen molar-refractivity contribution < 1.29 is 23.1 Å². The van der Waals surface area contributed by atoms with Gasteiger partial charge < -0.3 is 10.1 Å². The van der Waals surface area contributed by atoms with E-state index >= 15 is 0 Å². The van der Waals surface area contributed by atoms with Crippen LogP contribution >= 0.6 is 0 Å². The number of likely N-dealkylation sites (tertiary alicyclic amines) is 1. The Hall–Kier alpha value is -3.07. The third-order valence-electron chi connectivity index (χ3n) is 7.58. The fraction of sp³-hybridized carbons (Fsp3) is 0.500. The van der Waals surface area contributed by atoms with Gasteiger partial charge in [0.1, 0.15) is 12.1 Å². The van der Waals surface area contributed by atoms with Gasteiger partial charge in [-0.3, -0.25) is 9.88 Å². The second-order valence-corrected chi connectivity index (χ2v) is 9.77. The maximum absolute atomic E-state index is 13.8. The minimum absolute atomic E-state index is 0.0923. The average Bonchev–Trinajstić information content (AvgIpc) is 3.44. The molecule has 9 heteroatoms. The maximum Gasteiger partial charge on any atom is 0.419 e. The van der Waals surface area contributed by atoms with Crippen molar-refractivity contribution in [2.75, 3.05) is 13.1 Å². The lowest BCUT2D eigenvalue weighted by Gasteiger charge is -2.34. The Labute approximate surface area is 203 Å². The van der Waals surface area contributed by atoms with Crippen molar-refractivity contribution in [3.05, 3.63) is 65.5 Å². The number of imide groups is 1. The van der Waals surface area contributed by atoms with Gasteiger partial charge in [-0.05, 0) is 68.9 Å². The molecule has 0 spiro atoms. The molecule has 3 fully saturated rings. The van der Waals surface area contributed by atoms with E-state index in [1.54, 1.807) is 6.92 Å². The zero-order chi connectivity index (χ0) is 24.5. The van der Waals surface area contributed by atoms with Crippen molar-refractivity contribution in [1.82, 2.24) is 20.1 Å². The number of urea groups is 1. The molecule has 0 bridgehead atoms. The standard InChI is InChI=1S/C26H30F2N4O3/c1-16-24(18-7-10-21(27)22(28)14-18)32(26(34)35-16)25(33)30-19-11-13-31(15-19)20-8-5-17(6-9-20)23-4-2-3-12-29-23/h2-4,7,10,12,14,16-17,19-20,24H,5-6,8-9,11,13,15H2,1H3,(H,30,33). The monoisotopic (exact) mass is 484 g/mol. The molecular weight excluding hydrogens is 454 g/mol. The van der Waals surface area contributed by atoms with Crippen LogP contribution in [0.15, 0.2) is 42.6 Å². The highest BCUT2D eigenvalue weighted by molar-refractivity contribution is 5.93. The van der Waals surface area contributed by atoms with Gasteiger partial charge in [-0.2, -0.15) is 0 Å². The molecule has 5 rings (SSSR count). The van der Waals surface area contributed by atoms with Crippen LogP contribution in [-0.2, 0) is 4.74 Å². The SMILES string of the molecule is CC1OC(=O)N(C(=O)NC2CCN(C3CCC(c4ccccn4)CC3)C2)C1c1ccc(F)c(F)c1. The summed E-state index contributed by atoms with van der Waals surface area (Å²) in [5, 5.41) is 2.97. The van der Waals surface area contributed by atoms with Crippen molar-refractivity contribution in [2.45, 2.75) is 69.2 Å². The van der Waals surface area contributed by atoms with Crippen LogP contribution in [-0.4, -0.2) is 58.2 Å². The Morgan fingerprint density at radius 1 is 1.09 bits per heavy atom. The van der Waals surface area contributed by atoms with Gasteiger partial charge in [0, 0.05) is 43.0 Å². The number of benzene rings is 1. The Morgan fingerprint density at radius 2 is 1.89 bits per heavy atom. The number of nitrogens with zero attached hydrogens (tertiary/aromatic N) is 3. The highest BCUT2D eigenvalue weighted by Gasteiger charge is 2.45. The second-order valence-electron chi connectivity index (χ2n) is 9.77. The maximum atomic E-state index is 13.8. The number of hydrogen-bond donors (Lipinski definition) is 1. The summed E-state index contributed by atoms with van der Waals surface area (Å²) in [7, 11) is 0. The molecule has 3 atom stereocenters. The van der Waals surface area contributed by atoms with E-state index < -0.39 is 35.9 Å². The number of halogens is 2. The Balaban J connectivity index is 1.18. The number of ether oxygens (including phenoxy) is 1. The van der Waals surface area contributed by atoms with E-state index in [2.05, 4.69) is 21.3 Å². The molecule has 3 unspecified atom stereocenters. The number of pyridine rings is 1. The van der Waals surface area contributed by atoms with E-state index in [1.165, 1.54) is 11.8 Å². The molecule has 1 aromatic carbocycles. The number of hydrogen-bond acceptors (Lipinski definition) is 5. The van der Waals surface area contributed by atoms with Gasteiger partial charge in [0.05, 0.1) is 0 Å². The molecule has 3 heterocycles. The molecular formula is C26H30F2N4O3. The number of carbonyl (C=O) groups is 2. The fourth-order valence-corrected chi connectivity index (χ4v) is 5.76. The van der Waals surface area contributed by atoms with Crippen LogP contribution in [0, 0.1) is 11.6 Å². The summed E-state index contributed by atoms with van der Waals surface area (Å²) in [5.74, 6) is -1.51. The number of amides is 3. The lowest BCUT2D eigenvalue weighted by molar-refractivity contribution is 0.137. The molecule has 186 valence electrons. The summed E-state index contributed by atoms with van der Waals surface area (Å²) in [6.45, 7) is 3.24. The van der Waals surface area contributed by atoms with Crippen LogP contribution in [0.4, 0.5) is 18.4 Å². The van der Waals surface area contributed by atoms with Gasteiger partial charge in [-0.15, -0.1) is 0 Å². The molecule has 2 aliphatic heterocycles. The first-order valence-electron chi connectivity index (χ1n) is 12.3. The summed E-state index contributed by atoms with van der Waals surface area (Å²) in [4.78, 5) is 33.5. The Morgan fingerprint density at radius 3 is 2.60 bits per heavy atom. The first-order chi connectivity index (χ1) is 16.9. The first-order valence-corrected chi connectivity index (χ1v) is 12.3. The van der Waals surface area contributed by atoms with Crippen molar-refractivity contribution in [2.24, 2.45) is 0 Å². The zero-order valence-electron chi connectivity index (χ0n) is 19.7. The fourth-order valence-electron chi connectivity index (χ4n) is 5.76. The zero-order valence-corrected chi connectivity index (χ0v) is 19.7. The third kappa shape index (κ3) is 4.87. The Bertz CT molecular complexity index is 1080. The van der Waals surface area contributed by atoms with Crippen LogP contribution < -0.4 is 5.32 Å². The average molecular weight is 485 g/mol. The van der Waals surface area contributed by atoms with Gasteiger partial charge in [-0.1, -0.05) is 12.1 Å². The van der Waals surface area contributed by atoms with Crippen molar-refractivity contribution in [3.8, 4) is 0 Å². The summed E-state index contributed by atoms with van der Waals surface area (Å²) in [5.41, 5.74) is 1.48. The van der Waals surface area contributed by atoms with E-state index in [0.29, 0.717) is 17.5 Å². The van der Waals surface area contributed by atoms with Gasteiger partial charge in [0.15, 0.2) is 11.6 Å². The molecule has 2 saturated heterocycles. The summed E-state index contributed by atoms with van der Waals surface area (Å²) < 4.78 is 32.5. The topological polar surface area (TPSA) is 74.8 Å².